The maximum atomic E-state index is 14.4. The molecule has 10 heteroatoms. The van der Waals surface area contributed by atoms with Crippen LogP contribution >= 0.6 is 23.2 Å². The highest BCUT2D eigenvalue weighted by atomic mass is 35.5. The molecule has 2 aliphatic carbocycles. The standard InChI is InChI=1S/C48H34Cl2N2O6/c49-34-15-11-30(12-16-34)39-24-47(39)37-9-1-2-10-41(37)51(45(47)56)26-29-6-4-8-33(22-29)44(55)58-36-19-20-38-42(23-36)52(27-28-5-3-7-32(21-28)43(53)54)46(57)48(38)25-40(48)31-13-17-35(50)18-14-31/h1-23,39-40H,24-27H2,(H,53,54)/t39-,40+,47+,48-/m1/s1. The lowest BCUT2D eigenvalue weighted by Gasteiger charge is -2.19. The second kappa shape index (κ2) is 13.4. The number of hydrogen-bond donors (Lipinski definition) is 1. The first-order valence-corrected chi connectivity index (χ1v) is 19.8. The van der Waals surface area contributed by atoms with Gasteiger partial charge >= 0.3 is 11.9 Å². The third kappa shape index (κ3) is 5.73. The maximum Gasteiger partial charge on any atom is 0.343 e. The van der Waals surface area contributed by atoms with E-state index in [1.807, 2.05) is 89.8 Å². The molecule has 2 aliphatic heterocycles. The summed E-state index contributed by atoms with van der Waals surface area (Å²) in [6.07, 6.45) is 1.32. The van der Waals surface area contributed by atoms with Crippen LogP contribution in [0.5, 0.6) is 5.75 Å². The van der Waals surface area contributed by atoms with Gasteiger partial charge in [-0.1, -0.05) is 96.0 Å². The molecule has 6 aromatic carbocycles. The monoisotopic (exact) mass is 804 g/mol. The van der Waals surface area contributed by atoms with E-state index in [2.05, 4.69) is 0 Å². The Morgan fingerprint density at radius 1 is 0.603 bits per heavy atom. The minimum atomic E-state index is -1.05. The number of benzene rings is 6. The lowest BCUT2D eigenvalue weighted by atomic mass is 9.92. The van der Waals surface area contributed by atoms with Crippen LogP contribution in [0.25, 0.3) is 0 Å². The van der Waals surface area contributed by atoms with Crippen LogP contribution in [0.15, 0.2) is 140 Å². The van der Waals surface area contributed by atoms with E-state index in [-0.39, 0.29) is 48.1 Å². The zero-order valence-electron chi connectivity index (χ0n) is 30.9. The molecule has 4 atom stereocenters. The van der Waals surface area contributed by atoms with Gasteiger partial charge in [0.2, 0.25) is 11.8 Å². The van der Waals surface area contributed by atoms with E-state index in [1.54, 1.807) is 53.4 Å². The van der Waals surface area contributed by atoms with E-state index in [0.717, 1.165) is 39.9 Å². The summed E-state index contributed by atoms with van der Waals surface area (Å²) in [5.41, 5.74) is 5.86. The van der Waals surface area contributed by atoms with Crippen LogP contribution in [-0.2, 0) is 33.5 Å². The highest BCUT2D eigenvalue weighted by Crippen LogP contribution is 2.68. The Morgan fingerprint density at radius 3 is 1.71 bits per heavy atom. The molecule has 2 spiro atoms. The second-order valence-corrected chi connectivity index (χ2v) is 16.5. The average molecular weight is 806 g/mol. The molecule has 2 saturated carbocycles. The summed E-state index contributed by atoms with van der Waals surface area (Å²) in [6, 6.07) is 42.1. The fourth-order valence-electron chi connectivity index (χ4n) is 9.43. The summed E-state index contributed by atoms with van der Waals surface area (Å²) in [4.78, 5) is 57.8. The highest BCUT2D eigenvalue weighted by molar-refractivity contribution is 6.30. The van der Waals surface area contributed by atoms with Crippen LogP contribution in [0.2, 0.25) is 10.0 Å². The van der Waals surface area contributed by atoms with Crippen LogP contribution in [0, 0.1) is 0 Å². The predicted molar refractivity (Wildman–Crippen MR) is 221 cm³/mol. The molecular formula is C48H34Cl2N2O6. The third-order valence-electron chi connectivity index (χ3n) is 12.4. The van der Waals surface area contributed by atoms with Gasteiger partial charge in [-0.05, 0) is 107 Å². The molecule has 286 valence electrons. The van der Waals surface area contributed by atoms with Crippen molar-refractivity contribution >= 4 is 58.3 Å². The van der Waals surface area contributed by atoms with Crippen molar-refractivity contribution in [2.24, 2.45) is 0 Å². The third-order valence-corrected chi connectivity index (χ3v) is 12.9. The molecule has 0 bridgehead atoms. The van der Waals surface area contributed by atoms with Gasteiger partial charge in [-0.25, -0.2) is 9.59 Å². The molecule has 4 aliphatic rings. The van der Waals surface area contributed by atoms with Gasteiger partial charge in [0.1, 0.15) is 5.75 Å². The summed E-state index contributed by atoms with van der Waals surface area (Å²) in [5.74, 6) is -1.45. The number of aromatic carboxylic acids is 1. The van der Waals surface area contributed by atoms with Gasteiger partial charge in [-0.2, -0.15) is 0 Å². The number of halogens is 2. The van der Waals surface area contributed by atoms with Crippen LogP contribution < -0.4 is 14.5 Å². The van der Waals surface area contributed by atoms with Gasteiger partial charge < -0.3 is 19.6 Å². The number of carboxylic acid groups (broad SMARTS) is 1. The Kier molecular flexibility index (Phi) is 8.37. The van der Waals surface area contributed by atoms with Crippen molar-refractivity contribution in [3.8, 4) is 5.75 Å². The number of rotatable bonds is 9. The largest absolute Gasteiger partial charge is 0.478 e. The summed E-state index contributed by atoms with van der Waals surface area (Å²) in [5, 5.41) is 10.9. The summed E-state index contributed by atoms with van der Waals surface area (Å²) < 4.78 is 5.98. The van der Waals surface area contributed by atoms with Gasteiger partial charge in [0.15, 0.2) is 0 Å². The first-order chi connectivity index (χ1) is 28.1. The number of carbonyl (C=O) groups is 4. The molecule has 2 heterocycles. The van der Waals surface area contributed by atoms with Gasteiger partial charge in [-0.3, -0.25) is 9.59 Å². The van der Waals surface area contributed by atoms with E-state index in [1.165, 1.54) is 6.07 Å². The summed E-state index contributed by atoms with van der Waals surface area (Å²) in [7, 11) is 0. The van der Waals surface area contributed by atoms with Crippen molar-refractivity contribution in [1.29, 1.82) is 0 Å². The average Bonchev–Trinajstić information content (AvgIpc) is 4.14. The molecule has 8 nitrogen and oxygen atoms in total. The van der Waals surface area contributed by atoms with Crippen molar-refractivity contribution in [1.82, 2.24) is 0 Å². The number of amides is 2. The lowest BCUT2D eigenvalue weighted by molar-refractivity contribution is -0.121. The normalized spacial score (nSPS) is 22.3. The summed E-state index contributed by atoms with van der Waals surface area (Å²) in [6.45, 7) is 0.420. The first kappa shape index (κ1) is 36.1. The van der Waals surface area contributed by atoms with Crippen LogP contribution in [-0.4, -0.2) is 28.9 Å². The molecule has 10 rings (SSSR count). The predicted octanol–water partition coefficient (Wildman–Crippen LogP) is 9.85. The van der Waals surface area contributed by atoms with Crippen molar-refractivity contribution in [2.75, 3.05) is 9.80 Å². The number of nitrogens with zero attached hydrogens (tertiary/aromatic N) is 2. The first-order valence-electron chi connectivity index (χ1n) is 19.1. The summed E-state index contributed by atoms with van der Waals surface area (Å²) >= 11 is 12.3. The van der Waals surface area contributed by atoms with E-state index in [9.17, 15) is 24.3 Å². The van der Waals surface area contributed by atoms with Crippen LogP contribution in [0.1, 0.15) is 78.8 Å². The van der Waals surface area contributed by atoms with E-state index in [0.29, 0.717) is 33.3 Å². The Morgan fingerprint density at radius 2 is 1.12 bits per heavy atom. The molecule has 0 saturated heterocycles. The van der Waals surface area contributed by atoms with E-state index >= 15 is 0 Å². The zero-order chi connectivity index (χ0) is 39.9. The number of esters is 1. The van der Waals surface area contributed by atoms with Gasteiger partial charge in [0.25, 0.3) is 0 Å². The minimum absolute atomic E-state index is 0.0419. The van der Waals surface area contributed by atoms with E-state index < -0.39 is 22.8 Å². The molecule has 2 amide bonds. The van der Waals surface area contributed by atoms with Crippen molar-refractivity contribution in [3.63, 3.8) is 0 Å². The van der Waals surface area contributed by atoms with Crippen molar-refractivity contribution in [2.45, 2.75) is 48.6 Å². The zero-order valence-corrected chi connectivity index (χ0v) is 32.4. The van der Waals surface area contributed by atoms with Gasteiger partial charge in [0.05, 0.1) is 40.7 Å². The number of fused-ring (bicyclic) bond motifs is 4. The number of hydrogen-bond acceptors (Lipinski definition) is 5. The lowest BCUT2D eigenvalue weighted by Crippen LogP contribution is -2.32. The smallest absolute Gasteiger partial charge is 0.343 e. The van der Waals surface area contributed by atoms with Crippen molar-refractivity contribution in [3.05, 3.63) is 194 Å². The fourth-order valence-corrected chi connectivity index (χ4v) is 9.68. The second-order valence-electron chi connectivity index (χ2n) is 15.6. The topological polar surface area (TPSA) is 104 Å². The Labute approximate surface area is 344 Å². The molecule has 1 N–H and O–H groups in total. The van der Waals surface area contributed by atoms with Crippen LogP contribution in [0.3, 0.4) is 0 Å². The molecule has 0 radical (unpaired) electrons. The number of ether oxygens (including phenoxy) is 1. The molecule has 6 aromatic rings. The van der Waals surface area contributed by atoms with Crippen molar-refractivity contribution < 1.29 is 29.0 Å². The maximum absolute atomic E-state index is 14.4. The minimum Gasteiger partial charge on any atom is -0.478 e. The Balaban J connectivity index is 0.914. The highest BCUT2D eigenvalue weighted by Gasteiger charge is 2.68. The number of anilines is 2. The Hall–Kier alpha value is -6.22. The molecule has 58 heavy (non-hydrogen) atoms. The molecule has 0 aromatic heterocycles. The van der Waals surface area contributed by atoms with Crippen LogP contribution in [0.4, 0.5) is 11.4 Å². The quantitative estimate of drug-likeness (QED) is 0.115. The van der Waals surface area contributed by atoms with E-state index in [4.69, 9.17) is 27.9 Å². The fraction of sp³-hybridized carbons (Fsp3) is 0.167. The molecular weight excluding hydrogens is 771 g/mol. The Bertz CT molecular complexity index is 2720. The number of carbonyl (C=O) groups excluding carboxylic acids is 3. The van der Waals surface area contributed by atoms with Gasteiger partial charge in [-0.15, -0.1) is 0 Å². The SMILES string of the molecule is O=C(O)c1cccc(CN2C(=O)[C@]3(C[C@H]3c3ccc(Cl)cc3)c3ccc(OC(=O)c4cccc(CN5C(=O)[C@@]6(C[C@@H]6c6ccc(Cl)cc6)c6ccccc65)c4)cc32)c1. The molecule has 0 unspecified atom stereocenters. The number of carboxylic acids is 1. The number of para-hydroxylation sites is 1. The van der Waals surface area contributed by atoms with Gasteiger partial charge in [0, 0.05) is 33.6 Å². The molecule has 2 fully saturated rings.